The molecule has 1 rings (SSSR count). The molecule has 134 valence electrons. The van der Waals surface area contributed by atoms with E-state index in [1.165, 1.54) is 0 Å². The second-order valence-electron chi connectivity index (χ2n) is 6.41. The molecule has 0 fully saturated rings. The highest BCUT2D eigenvalue weighted by molar-refractivity contribution is 6.31. The summed E-state index contributed by atoms with van der Waals surface area (Å²) in [5.41, 5.74) is 0.472. The molecule has 6 nitrogen and oxygen atoms in total. The van der Waals surface area contributed by atoms with E-state index in [9.17, 15) is 14.7 Å². The minimum absolute atomic E-state index is 0.179. The van der Waals surface area contributed by atoms with Gasteiger partial charge < -0.3 is 19.9 Å². The zero-order valence-corrected chi connectivity index (χ0v) is 15.1. The summed E-state index contributed by atoms with van der Waals surface area (Å²) in [4.78, 5) is 23.1. The number of aliphatic carboxylic acids is 1. The highest BCUT2D eigenvalue weighted by Gasteiger charge is 2.21. The molecule has 0 aliphatic carbocycles. The number of carboxylic acid groups (broad SMARTS) is 1. The first-order chi connectivity index (χ1) is 11.1. The van der Waals surface area contributed by atoms with Gasteiger partial charge in [-0.1, -0.05) is 11.6 Å². The van der Waals surface area contributed by atoms with E-state index in [4.69, 9.17) is 21.1 Å². The quantitative estimate of drug-likeness (QED) is 0.747. The molecule has 0 saturated heterocycles. The van der Waals surface area contributed by atoms with Crippen molar-refractivity contribution in [2.24, 2.45) is 0 Å². The first-order valence-electron chi connectivity index (χ1n) is 7.63. The lowest BCUT2D eigenvalue weighted by atomic mass is 10.2. The molecule has 1 unspecified atom stereocenters. The number of nitrogens with one attached hydrogen (secondary N) is 1. The van der Waals surface area contributed by atoms with Gasteiger partial charge in [-0.15, -0.1) is 0 Å². The number of carboxylic acids is 1. The number of rotatable bonds is 8. The molecule has 0 heterocycles. The molecule has 1 aromatic carbocycles. The van der Waals surface area contributed by atoms with E-state index in [0.29, 0.717) is 10.8 Å². The van der Waals surface area contributed by atoms with Crippen molar-refractivity contribution < 1.29 is 24.2 Å². The van der Waals surface area contributed by atoms with Gasteiger partial charge in [0.15, 0.2) is 6.61 Å². The van der Waals surface area contributed by atoms with Gasteiger partial charge >= 0.3 is 5.97 Å². The van der Waals surface area contributed by atoms with Crippen LogP contribution in [0, 0.1) is 6.92 Å². The van der Waals surface area contributed by atoms with Gasteiger partial charge in [-0.2, -0.15) is 0 Å². The number of aryl methyl sites for hydroxylation is 1. The summed E-state index contributed by atoms with van der Waals surface area (Å²) in [5.74, 6) is -1.12. The maximum atomic E-state index is 11.9. The fraction of sp³-hybridized carbons (Fsp3) is 0.529. The number of halogens is 1. The molecule has 0 aliphatic heterocycles. The van der Waals surface area contributed by atoms with E-state index in [-0.39, 0.29) is 25.2 Å². The smallest absolute Gasteiger partial charge is 0.326 e. The lowest BCUT2D eigenvalue weighted by molar-refractivity contribution is -0.143. The molecule has 1 atom stereocenters. The number of carbonyl (C=O) groups is 2. The van der Waals surface area contributed by atoms with E-state index >= 15 is 0 Å². The summed E-state index contributed by atoms with van der Waals surface area (Å²) in [6.07, 6.45) is 0.179. The topological polar surface area (TPSA) is 84.9 Å². The zero-order valence-electron chi connectivity index (χ0n) is 14.4. The second-order valence-corrected chi connectivity index (χ2v) is 6.81. The van der Waals surface area contributed by atoms with Crippen molar-refractivity contribution >= 4 is 23.5 Å². The molecular formula is C17H24ClNO5. The monoisotopic (exact) mass is 357 g/mol. The van der Waals surface area contributed by atoms with Gasteiger partial charge in [0, 0.05) is 18.1 Å². The van der Waals surface area contributed by atoms with E-state index < -0.39 is 17.9 Å². The highest BCUT2D eigenvalue weighted by Crippen LogP contribution is 2.20. The van der Waals surface area contributed by atoms with Crippen LogP contribution in [0.15, 0.2) is 18.2 Å². The van der Waals surface area contributed by atoms with Crippen molar-refractivity contribution in [3.63, 3.8) is 0 Å². The first kappa shape index (κ1) is 20.3. The summed E-state index contributed by atoms with van der Waals surface area (Å²) in [6, 6.07) is 4.01. The summed E-state index contributed by atoms with van der Waals surface area (Å²) < 4.78 is 10.8. The number of amides is 1. The van der Waals surface area contributed by atoms with Crippen LogP contribution in [-0.4, -0.2) is 41.8 Å². The molecule has 7 heteroatoms. The number of benzene rings is 1. The Morgan fingerprint density at radius 3 is 2.54 bits per heavy atom. The molecule has 0 spiro atoms. The molecule has 0 aromatic heterocycles. The van der Waals surface area contributed by atoms with Crippen molar-refractivity contribution in [1.82, 2.24) is 5.32 Å². The third kappa shape index (κ3) is 7.66. The van der Waals surface area contributed by atoms with Crippen molar-refractivity contribution in [1.29, 1.82) is 0 Å². The summed E-state index contributed by atoms with van der Waals surface area (Å²) >= 11 is 5.92. The summed E-state index contributed by atoms with van der Waals surface area (Å²) in [5, 5.41) is 12.2. The van der Waals surface area contributed by atoms with Crippen LogP contribution in [0.2, 0.25) is 5.02 Å². The SMILES string of the molecule is Cc1cc(OCC(=O)NC(CCOC(C)(C)C)C(=O)O)ccc1Cl. The maximum Gasteiger partial charge on any atom is 0.326 e. The van der Waals surface area contributed by atoms with Crippen LogP contribution in [0.25, 0.3) is 0 Å². The third-order valence-electron chi connectivity index (χ3n) is 3.07. The number of hydrogen-bond acceptors (Lipinski definition) is 4. The van der Waals surface area contributed by atoms with Crippen LogP contribution in [0.4, 0.5) is 0 Å². The Morgan fingerprint density at radius 2 is 2.00 bits per heavy atom. The Balaban J connectivity index is 2.47. The van der Waals surface area contributed by atoms with Crippen LogP contribution in [0.5, 0.6) is 5.75 Å². The Hall–Kier alpha value is -1.79. The van der Waals surface area contributed by atoms with Gasteiger partial charge in [0.1, 0.15) is 11.8 Å². The molecule has 0 saturated carbocycles. The molecule has 2 N–H and O–H groups in total. The minimum atomic E-state index is -1.11. The minimum Gasteiger partial charge on any atom is -0.484 e. The van der Waals surface area contributed by atoms with Gasteiger partial charge in [-0.3, -0.25) is 4.79 Å². The standard InChI is InChI=1S/C17H24ClNO5/c1-11-9-12(5-6-13(11)18)23-10-15(20)19-14(16(21)22)7-8-24-17(2,3)4/h5-6,9,14H,7-8,10H2,1-4H3,(H,19,20)(H,21,22). The molecular weight excluding hydrogens is 334 g/mol. The predicted molar refractivity (Wildman–Crippen MR) is 91.6 cm³/mol. The number of hydrogen-bond donors (Lipinski definition) is 2. The molecule has 0 aliphatic rings. The molecule has 1 aromatic rings. The van der Waals surface area contributed by atoms with Gasteiger partial charge in [0.25, 0.3) is 5.91 Å². The van der Waals surface area contributed by atoms with Gasteiger partial charge in [0.05, 0.1) is 5.60 Å². The largest absolute Gasteiger partial charge is 0.484 e. The molecule has 1 amide bonds. The molecule has 0 radical (unpaired) electrons. The Labute approximate surface area is 147 Å². The van der Waals surface area contributed by atoms with E-state index in [0.717, 1.165) is 5.56 Å². The molecule has 0 bridgehead atoms. The predicted octanol–water partition coefficient (Wildman–Crippen LogP) is 2.80. The van der Waals surface area contributed by atoms with Gasteiger partial charge in [0.2, 0.25) is 0 Å². The summed E-state index contributed by atoms with van der Waals surface area (Å²) in [6.45, 7) is 7.42. The fourth-order valence-corrected chi connectivity index (χ4v) is 1.95. The van der Waals surface area contributed by atoms with Gasteiger partial charge in [-0.05, 0) is 51.5 Å². The number of carbonyl (C=O) groups excluding carboxylic acids is 1. The lowest BCUT2D eigenvalue weighted by Crippen LogP contribution is -2.44. The van der Waals surface area contributed by atoms with Crippen LogP contribution in [-0.2, 0) is 14.3 Å². The Bertz CT molecular complexity index is 583. The average Bonchev–Trinajstić information content (AvgIpc) is 2.46. The lowest BCUT2D eigenvalue weighted by Gasteiger charge is -2.21. The van der Waals surface area contributed by atoms with E-state index in [1.807, 2.05) is 27.7 Å². The normalized spacial score (nSPS) is 12.5. The van der Waals surface area contributed by atoms with E-state index in [2.05, 4.69) is 5.32 Å². The van der Waals surface area contributed by atoms with Gasteiger partial charge in [-0.25, -0.2) is 4.79 Å². The third-order valence-corrected chi connectivity index (χ3v) is 3.50. The van der Waals surface area contributed by atoms with Crippen molar-refractivity contribution in [3.8, 4) is 5.75 Å². The second kappa shape index (κ2) is 8.89. The van der Waals surface area contributed by atoms with Crippen molar-refractivity contribution in [2.45, 2.75) is 45.8 Å². The zero-order chi connectivity index (χ0) is 18.3. The summed E-state index contributed by atoms with van der Waals surface area (Å²) in [7, 11) is 0. The van der Waals surface area contributed by atoms with E-state index in [1.54, 1.807) is 18.2 Å². The van der Waals surface area contributed by atoms with Crippen LogP contribution in [0.1, 0.15) is 32.8 Å². The molecule has 24 heavy (non-hydrogen) atoms. The Morgan fingerprint density at radius 1 is 1.33 bits per heavy atom. The van der Waals surface area contributed by atoms with Crippen LogP contribution in [0.3, 0.4) is 0 Å². The highest BCUT2D eigenvalue weighted by atomic mass is 35.5. The first-order valence-corrected chi connectivity index (χ1v) is 8.01. The number of ether oxygens (including phenoxy) is 2. The van der Waals surface area contributed by atoms with Crippen molar-refractivity contribution in [2.75, 3.05) is 13.2 Å². The van der Waals surface area contributed by atoms with Crippen LogP contribution < -0.4 is 10.1 Å². The maximum absolute atomic E-state index is 11.9. The van der Waals surface area contributed by atoms with Crippen molar-refractivity contribution in [3.05, 3.63) is 28.8 Å². The van der Waals surface area contributed by atoms with Crippen LogP contribution >= 0.6 is 11.6 Å². The Kier molecular flexibility index (Phi) is 7.51. The average molecular weight is 358 g/mol. The fourth-order valence-electron chi connectivity index (χ4n) is 1.83.